The molecule has 0 fully saturated rings. The van der Waals surface area contributed by atoms with Crippen LogP contribution in [0.1, 0.15) is 17.2 Å². The quantitative estimate of drug-likeness (QED) is 0.898. The van der Waals surface area contributed by atoms with Crippen LogP contribution in [0.4, 0.5) is 8.78 Å². The van der Waals surface area contributed by atoms with Crippen LogP contribution in [0.15, 0.2) is 42.5 Å². The van der Waals surface area contributed by atoms with Crippen LogP contribution in [-0.2, 0) is 6.42 Å². The first-order valence-electron chi connectivity index (χ1n) is 5.52. The standard InChI is InChI=1S/C14H12ClF2N/c15-10-6-4-9(5-7-10)14(18)8-11-12(16)2-1-3-13(11)17/h1-7,14H,8,18H2. The average molecular weight is 268 g/mol. The van der Waals surface area contributed by atoms with E-state index < -0.39 is 17.7 Å². The maximum atomic E-state index is 13.5. The molecule has 1 nitrogen and oxygen atoms in total. The number of rotatable bonds is 3. The molecule has 0 aliphatic heterocycles. The van der Waals surface area contributed by atoms with Crippen molar-refractivity contribution in [3.8, 4) is 0 Å². The average Bonchev–Trinajstić information content (AvgIpc) is 2.34. The maximum absolute atomic E-state index is 13.5. The highest BCUT2D eigenvalue weighted by Crippen LogP contribution is 2.21. The molecule has 0 bridgehead atoms. The Kier molecular flexibility index (Phi) is 3.94. The molecule has 1 unspecified atom stereocenters. The largest absolute Gasteiger partial charge is 0.324 e. The van der Waals surface area contributed by atoms with E-state index in [1.165, 1.54) is 18.2 Å². The van der Waals surface area contributed by atoms with Gasteiger partial charge >= 0.3 is 0 Å². The Bertz CT molecular complexity index is 520. The monoisotopic (exact) mass is 267 g/mol. The minimum atomic E-state index is -0.570. The second-order valence-electron chi connectivity index (χ2n) is 4.06. The molecule has 4 heteroatoms. The Labute approximate surface area is 109 Å². The first-order valence-corrected chi connectivity index (χ1v) is 5.89. The topological polar surface area (TPSA) is 26.0 Å². The van der Waals surface area contributed by atoms with E-state index in [4.69, 9.17) is 17.3 Å². The summed E-state index contributed by atoms with van der Waals surface area (Å²) >= 11 is 5.77. The van der Waals surface area contributed by atoms with Crippen LogP contribution >= 0.6 is 11.6 Å². The summed E-state index contributed by atoms with van der Waals surface area (Å²) in [6.45, 7) is 0. The summed E-state index contributed by atoms with van der Waals surface area (Å²) in [5.41, 5.74) is 6.75. The van der Waals surface area contributed by atoms with Gasteiger partial charge < -0.3 is 5.73 Å². The van der Waals surface area contributed by atoms with Crippen LogP contribution in [0.3, 0.4) is 0 Å². The third-order valence-electron chi connectivity index (χ3n) is 2.78. The van der Waals surface area contributed by atoms with E-state index in [-0.39, 0.29) is 12.0 Å². The van der Waals surface area contributed by atoms with E-state index >= 15 is 0 Å². The van der Waals surface area contributed by atoms with Gasteiger partial charge in [-0.1, -0.05) is 29.8 Å². The first kappa shape index (κ1) is 13.0. The lowest BCUT2D eigenvalue weighted by molar-refractivity contribution is 0.540. The molecule has 2 N–H and O–H groups in total. The zero-order valence-corrected chi connectivity index (χ0v) is 10.3. The molecule has 0 aromatic heterocycles. The van der Waals surface area contributed by atoms with Gasteiger partial charge in [-0.15, -0.1) is 0 Å². The van der Waals surface area contributed by atoms with Crippen molar-refractivity contribution in [3.05, 3.63) is 70.2 Å². The zero-order chi connectivity index (χ0) is 13.1. The molecule has 2 aromatic carbocycles. The van der Waals surface area contributed by atoms with Gasteiger partial charge in [-0.05, 0) is 36.2 Å². The van der Waals surface area contributed by atoms with Crippen molar-refractivity contribution in [3.63, 3.8) is 0 Å². The molecule has 0 amide bonds. The van der Waals surface area contributed by atoms with Gasteiger partial charge in [0.05, 0.1) is 0 Å². The van der Waals surface area contributed by atoms with Crippen LogP contribution in [0.2, 0.25) is 5.02 Å². The smallest absolute Gasteiger partial charge is 0.129 e. The third kappa shape index (κ3) is 2.86. The van der Waals surface area contributed by atoms with Gasteiger partial charge in [-0.2, -0.15) is 0 Å². The van der Waals surface area contributed by atoms with Crippen molar-refractivity contribution >= 4 is 11.6 Å². The van der Waals surface area contributed by atoms with E-state index in [9.17, 15) is 8.78 Å². The van der Waals surface area contributed by atoms with E-state index in [0.717, 1.165) is 5.56 Å². The normalized spacial score (nSPS) is 12.4. The van der Waals surface area contributed by atoms with E-state index in [1.54, 1.807) is 24.3 Å². The van der Waals surface area contributed by atoms with Gasteiger partial charge in [0.25, 0.3) is 0 Å². The van der Waals surface area contributed by atoms with E-state index in [1.807, 2.05) is 0 Å². The lowest BCUT2D eigenvalue weighted by atomic mass is 9.99. The Morgan fingerprint density at radius 1 is 1.00 bits per heavy atom. The van der Waals surface area contributed by atoms with Crippen LogP contribution in [-0.4, -0.2) is 0 Å². The highest BCUT2D eigenvalue weighted by atomic mass is 35.5. The van der Waals surface area contributed by atoms with Crippen molar-refractivity contribution in [2.75, 3.05) is 0 Å². The summed E-state index contributed by atoms with van der Waals surface area (Å²) < 4.78 is 26.9. The SMILES string of the molecule is NC(Cc1c(F)cccc1F)c1ccc(Cl)cc1. The molecule has 0 saturated carbocycles. The van der Waals surface area contributed by atoms with Gasteiger partial charge in [0.2, 0.25) is 0 Å². The summed E-state index contributed by atoms with van der Waals surface area (Å²) in [7, 11) is 0. The van der Waals surface area contributed by atoms with Crippen LogP contribution < -0.4 is 5.73 Å². The second kappa shape index (κ2) is 5.46. The molecular formula is C14H12ClF2N. The molecule has 1 atom stereocenters. The molecule has 0 radical (unpaired) electrons. The second-order valence-corrected chi connectivity index (χ2v) is 4.50. The van der Waals surface area contributed by atoms with Crippen molar-refractivity contribution in [1.82, 2.24) is 0 Å². The molecule has 0 saturated heterocycles. The van der Waals surface area contributed by atoms with Crippen molar-refractivity contribution in [1.29, 1.82) is 0 Å². The minimum absolute atomic E-state index is 0.0138. The summed E-state index contributed by atoms with van der Waals surface area (Å²) in [6.07, 6.45) is 0.111. The molecule has 94 valence electrons. The van der Waals surface area contributed by atoms with Crippen LogP contribution in [0, 0.1) is 11.6 Å². The van der Waals surface area contributed by atoms with Crippen LogP contribution in [0.25, 0.3) is 0 Å². The third-order valence-corrected chi connectivity index (χ3v) is 3.04. The number of nitrogens with two attached hydrogens (primary N) is 1. The van der Waals surface area contributed by atoms with Gasteiger partial charge in [-0.25, -0.2) is 8.78 Å². The molecule has 2 aromatic rings. The molecular weight excluding hydrogens is 256 g/mol. The lowest BCUT2D eigenvalue weighted by Crippen LogP contribution is -2.15. The number of hydrogen-bond acceptors (Lipinski definition) is 1. The van der Waals surface area contributed by atoms with E-state index in [2.05, 4.69) is 0 Å². The fourth-order valence-electron chi connectivity index (χ4n) is 1.78. The zero-order valence-electron chi connectivity index (χ0n) is 9.54. The Morgan fingerprint density at radius 3 is 2.11 bits per heavy atom. The maximum Gasteiger partial charge on any atom is 0.129 e. The predicted molar refractivity (Wildman–Crippen MR) is 68.4 cm³/mol. The van der Waals surface area contributed by atoms with Gasteiger partial charge in [-0.3, -0.25) is 0 Å². The Morgan fingerprint density at radius 2 is 1.56 bits per heavy atom. The molecule has 0 aliphatic carbocycles. The summed E-state index contributed by atoms with van der Waals surface area (Å²) in [5, 5.41) is 0.600. The molecule has 0 aliphatic rings. The Hall–Kier alpha value is -1.45. The van der Waals surface area contributed by atoms with Crippen molar-refractivity contribution in [2.45, 2.75) is 12.5 Å². The summed E-state index contributed by atoms with van der Waals surface area (Å²) in [6, 6.07) is 10.2. The highest BCUT2D eigenvalue weighted by molar-refractivity contribution is 6.30. The van der Waals surface area contributed by atoms with Crippen molar-refractivity contribution in [2.24, 2.45) is 5.73 Å². The van der Waals surface area contributed by atoms with Gasteiger partial charge in [0.1, 0.15) is 11.6 Å². The number of benzene rings is 2. The Balaban J connectivity index is 2.21. The van der Waals surface area contributed by atoms with Gasteiger partial charge in [0.15, 0.2) is 0 Å². The van der Waals surface area contributed by atoms with Crippen LogP contribution in [0.5, 0.6) is 0 Å². The number of halogens is 3. The first-order chi connectivity index (χ1) is 8.58. The molecule has 0 spiro atoms. The fraction of sp³-hybridized carbons (Fsp3) is 0.143. The van der Waals surface area contributed by atoms with Gasteiger partial charge in [0, 0.05) is 16.6 Å². The van der Waals surface area contributed by atoms with Crippen molar-refractivity contribution < 1.29 is 8.78 Å². The predicted octanol–water partition coefficient (Wildman–Crippen LogP) is 3.86. The highest BCUT2D eigenvalue weighted by Gasteiger charge is 2.14. The molecule has 0 heterocycles. The molecule has 2 rings (SSSR count). The minimum Gasteiger partial charge on any atom is -0.324 e. The number of hydrogen-bond donors (Lipinski definition) is 1. The summed E-state index contributed by atoms with van der Waals surface area (Å²) in [4.78, 5) is 0. The fourth-order valence-corrected chi connectivity index (χ4v) is 1.90. The lowest BCUT2D eigenvalue weighted by Gasteiger charge is -2.13. The summed E-state index contributed by atoms with van der Waals surface area (Å²) in [5.74, 6) is -1.14. The van der Waals surface area contributed by atoms with E-state index in [0.29, 0.717) is 5.02 Å². The molecule has 18 heavy (non-hydrogen) atoms.